The number of nitrogens with one attached hydrogen (secondary N) is 2. The van der Waals surface area contributed by atoms with Crippen LogP contribution in [0.1, 0.15) is 12.5 Å². The van der Waals surface area contributed by atoms with Crippen LogP contribution in [-0.2, 0) is 16.1 Å². The van der Waals surface area contributed by atoms with Gasteiger partial charge in [0.15, 0.2) is 0 Å². The second-order valence-electron chi connectivity index (χ2n) is 6.68. The Hall–Kier alpha value is -3.87. The van der Waals surface area contributed by atoms with E-state index in [4.69, 9.17) is 0 Å². The number of nitrogens with zero attached hydrogens (tertiary/aromatic N) is 2. The lowest BCUT2D eigenvalue weighted by Crippen LogP contribution is -2.30. The number of hydrogen-bond acceptors (Lipinski definition) is 3. The van der Waals surface area contributed by atoms with Crippen molar-refractivity contribution in [1.29, 1.82) is 0 Å². The zero-order valence-electron chi connectivity index (χ0n) is 15.9. The number of urea groups is 1. The molecular formula is C22H20N4O3. The summed E-state index contributed by atoms with van der Waals surface area (Å²) in [5.41, 5.74) is 2.59. The van der Waals surface area contributed by atoms with Crippen LogP contribution >= 0.6 is 0 Å². The van der Waals surface area contributed by atoms with Gasteiger partial charge in [-0.25, -0.2) is 4.79 Å². The molecular weight excluding hydrogens is 368 g/mol. The third-order valence-electron chi connectivity index (χ3n) is 4.77. The Morgan fingerprint density at radius 2 is 1.79 bits per heavy atom. The van der Waals surface area contributed by atoms with Crippen LogP contribution in [0.3, 0.4) is 0 Å². The molecule has 2 aromatic carbocycles. The predicted molar refractivity (Wildman–Crippen MR) is 111 cm³/mol. The molecule has 3 aromatic rings. The van der Waals surface area contributed by atoms with Gasteiger partial charge in [-0.1, -0.05) is 36.4 Å². The van der Waals surface area contributed by atoms with E-state index in [1.165, 1.54) is 0 Å². The third kappa shape index (κ3) is 3.62. The molecule has 0 atom stereocenters. The lowest BCUT2D eigenvalue weighted by molar-refractivity contribution is -0.122. The van der Waals surface area contributed by atoms with Gasteiger partial charge in [0.1, 0.15) is 12.2 Å². The number of rotatable bonds is 5. The van der Waals surface area contributed by atoms with Crippen LogP contribution < -0.4 is 10.6 Å². The summed E-state index contributed by atoms with van der Waals surface area (Å²) in [6.07, 6.45) is 3.47. The van der Waals surface area contributed by atoms with E-state index in [0.29, 0.717) is 6.54 Å². The van der Waals surface area contributed by atoms with E-state index in [9.17, 15) is 14.4 Å². The van der Waals surface area contributed by atoms with Crippen molar-refractivity contribution >= 4 is 40.5 Å². The van der Waals surface area contributed by atoms with Gasteiger partial charge in [-0.05, 0) is 31.2 Å². The molecule has 1 saturated heterocycles. The molecule has 0 aliphatic carbocycles. The van der Waals surface area contributed by atoms with Crippen molar-refractivity contribution < 1.29 is 14.4 Å². The summed E-state index contributed by atoms with van der Waals surface area (Å²) in [5.74, 6) is -0.505. The van der Waals surface area contributed by atoms with Gasteiger partial charge in [0.25, 0.3) is 5.91 Å². The molecule has 7 nitrogen and oxygen atoms in total. The van der Waals surface area contributed by atoms with Crippen molar-refractivity contribution in [3.63, 3.8) is 0 Å². The maximum Gasteiger partial charge on any atom is 0.328 e. The van der Waals surface area contributed by atoms with Gasteiger partial charge in [-0.2, -0.15) is 0 Å². The van der Waals surface area contributed by atoms with Crippen molar-refractivity contribution in [3.05, 3.63) is 72.1 Å². The molecule has 2 heterocycles. The van der Waals surface area contributed by atoms with Crippen LogP contribution in [0.2, 0.25) is 0 Å². The highest BCUT2D eigenvalue weighted by Crippen LogP contribution is 2.25. The van der Waals surface area contributed by atoms with Gasteiger partial charge in [0, 0.05) is 34.9 Å². The highest BCUT2D eigenvalue weighted by atomic mass is 16.2. The Morgan fingerprint density at radius 1 is 1.07 bits per heavy atom. The minimum Gasteiger partial charge on any atom is -0.337 e. The minimum absolute atomic E-state index is 0.125. The Labute approximate surface area is 167 Å². The molecule has 1 aliphatic rings. The largest absolute Gasteiger partial charge is 0.337 e. The first-order chi connectivity index (χ1) is 14.1. The Kier molecular flexibility index (Phi) is 4.87. The van der Waals surface area contributed by atoms with Crippen molar-refractivity contribution in [2.75, 3.05) is 11.9 Å². The molecule has 7 heteroatoms. The lowest BCUT2D eigenvalue weighted by atomic mass is 10.1. The van der Waals surface area contributed by atoms with Crippen LogP contribution in [0.25, 0.3) is 17.0 Å². The van der Waals surface area contributed by atoms with Gasteiger partial charge in [-0.15, -0.1) is 0 Å². The number of amides is 4. The van der Waals surface area contributed by atoms with E-state index >= 15 is 0 Å². The smallest absolute Gasteiger partial charge is 0.328 e. The van der Waals surface area contributed by atoms with Crippen molar-refractivity contribution in [1.82, 2.24) is 14.8 Å². The fourth-order valence-electron chi connectivity index (χ4n) is 3.41. The maximum absolute atomic E-state index is 12.5. The van der Waals surface area contributed by atoms with Crippen LogP contribution in [0.5, 0.6) is 0 Å². The van der Waals surface area contributed by atoms with Crippen LogP contribution in [-0.4, -0.2) is 33.9 Å². The molecule has 0 bridgehead atoms. The molecule has 2 N–H and O–H groups in total. The molecule has 146 valence electrons. The lowest BCUT2D eigenvalue weighted by Gasteiger charge is -2.07. The van der Waals surface area contributed by atoms with Crippen molar-refractivity contribution in [2.24, 2.45) is 0 Å². The normalized spacial score (nSPS) is 15.2. The fourth-order valence-corrected chi connectivity index (χ4v) is 3.41. The highest BCUT2D eigenvalue weighted by molar-refractivity contribution is 6.14. The van der Waals surface area contributed by atoms with Gasteiger partial charge < -0.3 is 15.2 Å². The van der Waals surface area contributed by atoms with E-state index in [-0.39, 0.29) is 24.1 Å². The molecule has 0 saturated carbocycles. The van der Waals surface area contributed by atoms with Gasteiger partial charge in [0.2, 0.25) is 5.91 Å². The minimum atomic E-state index is -0.422. The molecule has 29 heavy (non-hydrogen) atoms. The number of fused-ring (bicyclic) bond motifs is 1. The molecule has 0 spiro atoms. The van der Waals surface area contributed by atoms with Gasteiger partial charge in [0.05, 0.1) is 0 Å². The maximum atomic E-state index is 12.5. The molecule has 4 rings (SSSR count). The van der Waals surface area contributed by atoms with E-state index in [1.807, 2.05) is 65.4 Å². The first kappa shape index (κ1) is 18.5. The predicted octanol–water partition coefficient (Wildman–Crippen LogP) is 3.19. The average molecular weight is 388 g/mol. The average Bonchev–Trinajstić information content (AvgIpc) is 3.19. The third-order valence-corrected chi connectivity index (χ3v) is 4.77. The summed E-state index contributed by atoms with van der Waals surface area (Å²) in [6, 6.07) is 16.5. The second-order valence-corrected chi connectivity index (χ2v) is 6.68. The van der Waals surface area contributed by atoms with E-state index in [1.54, 1.807) is 13.0 Å². The zero-order valence-corrected chi connectivity index (χ0v) is 15.9. The molecule has 4 amide bonds. The number of aromatic nitrogens is 1. The molecule has 0 unspecified atom stereocenters. The molecule has 1 aliphatic heterocycles. The number of hydrogen-bond donors (Lipinski definition) is 2. The summed E-state index contributed by atoms with van der Waals surface area (Å²) in [5, 5.41) is 6.37. The number of para-hydroxylation sites is 2. The number of imide groups is 1. The van der Waals surface area contributed by atoms with Crippen LogP contribution in [0.4, 0.5) is 10.5 Å². The van der Waals surface area contributed by atoms with Crippen molar-refractivity contribution in [3.8, 4) is 0 Å². The zero-order chi connectivity index (χ0) is 20.4. The number of anilines is 1. The van der Waals surface area contributed by atoms with E-state index in [2.05, 4.69) is 10.6 Å². The number of carbonyl (C=O) groups excluding carboxylic acids is 3. The Bertz CT molecular complexity index is 1130. The number of benzene rings is 2. The summed E-state index contributed by atoms with van der Waals surface area (Å²) in [7, 11) is 0. The summed E-state index contributed by atoms with van der Waals surface area (Å²) in [4.78, 5) is 37.9. The molecule has 1 aromatic heterocycles. The summed E-state index contributed by atoms with van der Waals surface area (Å²) < 4.78 is 1.83. The summed E-state index contributed by atoms with van der Waals surface area (Å²) in [6.45, 7) is 2.18. The molecule has 1 fully saturated rings. The Balaban J connectivity index is 1.64. The fraction of sp³-hybridized carbons (Fsp3) is 0.136. The van der Waals surface area contributed by atoms with Crippen LogP contribution in [0, 0.1) is 0 Å². The van der Waals surface area contributed by atoms with E-state index in [0.717, 1.165) is 27.1 Å². The number of likely N-dealkylation sites (N-methyl/N-ethyl adjacent to an activating group) is 1. The first-order valence-electron chi connectivity index (χ1n) is 9.34. The monoisotopic (exact) mass is 388 g/mol. The quantitative estimate of drug-likeness (QED) is 0.520. The first-order valence-corrected chi connectivity index (χ1v) is 9.34. The second kappa shape index (κ2) is 7.63. The van der Waals surface area contributed by atoms with Crippen molar-refractivity contribution in [2.45, 2.75) is 13.5 Å². The topological polar surface area (TPSA) is 83.4 Å². The summed E-state index contributed by atoms with van der Waals surface area (Å²) >= 11 is 0. The van der Waals surface area contributed by atoms with Crippen LogP contribution in [0.15, 0.2) is 66.5 Å². The standard InChI is InChI=1S/C22H20N4O3/c1-2-26-21(28)18(24-22(26)29)12-15-13-25(19-11-7-6-10-17(15)19)14-20(27)23-16-8-4-3-5-9-16/h3-13H,2,14H2,1H3,(H,23,27)(H,24,29)/b18-12-. The highest BCUT2D eigenvalue weighted by Gasteiger charge is 2.32. The number of carbonyl (C=O) groups is 3. The van der Waals surface area contributed by atoms with Gasteiger partial charge >= 0.3 is 6.03 Å². The van der Waals surface area contributed by atoms with E-state index < -0.39 is 6.03 Å². The SMILES string of the molecule is CCN1C(=O)N/C(=C\c2cn(CC(=O)Nc3ccccc3)c3ccccc23)C1=O. The Morgan fingerprint density at radius 3 is 2.52 bits per heavy atom. The van der Waals surface area contributed by atoms with Gasteiger partial charge in [-0.3, -0.25) is 14.5 Å². The molecule has 0 radical (unpaired) electrons.